The predicted molar refractivity (Wildman–Crippen MR) is 115 cm³/mol. The van der Waals surface area contributed by atoms with E-state index in [9.17, 15) is 4.79 Å². The van der Waals surface area contributed by atoms with Crippen LogP contribution < -0.4 is 10.1 Å². The van der Waals surface area contributed by atoms with Crippen LogP contribution >= 0.6 is 11.6 Å². The second-order valence-electron chi connectivity index (χ2n) is 7.78. The Balaban J connectivity index is 1.32. The van der Waals surface area contributed by atoms with Gasteiger partial charge in [-0.3, -0.25) is 9.78 Å². The van der Waals surface area contributed by atoms with E-state index >= 15 is 0 Å². The zero-order valence-corrected chi connectivity index (χ0v) is 17.8. The minimum Gasteiger partial charge on any atom is -0.486 e. The molecule has 1 amide bonds. The van der Waals surface area contributed by atoms with Crippen molar-refractivity contribution < 1.29 is 14.3 Å². The van der Waals surface area contributed by atoms with Crippen LogP contribution in [0, 0.1) is 11.5 Å². The number of rotatable bonds is 6. The molecule has 4 heterocycles. The van der Waals surface area contributed by atoms with Gasteiger partial charge in [-0.2, -0.15) is 5.26 Å². The number of nitrogens with zero attached hydrogens (tertiary/aromatic N) is 4. The Labute approximate surface area is 186 Å². The number of hydrogen-bond acceptors (Lipinski definition) is 7. The third-order valence-corrected chi connectivity index (χ3v) is 5.82. The van der Waals surface area contributed by atoms with Crippen molar-refractivity contribution in [3.8, 4) is 11.9 Å². The number of likely N-dealkylation sites (tertiary alicyclic amines) is 1. The molecule has 0 bridgehead atoms. The molecule has 31 heavy (non-hydrogen) atoms. The Kier molecular flexibility index (Phi) is 6.85. The lowest BCUT2D eigenvalue weighted by molar-refractivity contribution is -0.115. The van der Waals surface area contributed by atoms with Crippen LogP contribution in [0.25, 0.3) is 0 Å². The van der Waals surface area contributed by atoms with E-state index in [4.69, 9.17) is 26.3 Å². The van der Waals surface area contributed by atoms with Crippen LogP contribution in [0.2, 0.25) is 5.02 Å². The summed E-state index contributed by atoms with van der Waals surface area (Å²) in [5.74, 6) is 1.03. The van der Waals surface area contributed by atoms with Crippen molar-refractivity contribution in [2.24, 2.45) is 0 Å². The highest BCUT2D eigenvalue weighted by atomic mass is 35.5. The van der Waals surface area contributed by atoms with Gasteiger partial charge < -0.3 is 19.7 Å². The van der Waals surface area contributed by atoms with Gasteiger partial charge in [0.05, 0.1) is 25.8 Å². The van der Waals surface area contributed by atoms with Gasteiger partial charge in [-0.25, -0.2) is 4.98 Å². The Morgan fingerprint density at radius 2 is 2.13 bits per heavy atom. The maximum Gasteiger partial charge on any atom is 0.230 e. The Bertz CT molecular complexity index is 949. The van der Waals surface area contributed by atoms with E-state index in [0.29, 0.717) is 35.7 Å². The number of piperidine rings is 1. The van der Waals surface area contributed by atoms with E-state index in [1.165, 1.54) is 6.20 Å². The molecule has 2 aliphatic rings. The number of nitrogens with one attached hydrogen (secondary N) is 1. The highest BCUT2D eigenvalue weighted by molar-refractivity contribution is 6.32. The number of carbonyl (C=O) groups is 1. The first-order chi connectivity index (χ1) is 15.1. The van der Waals surface area contributed by atoms with Crippen molar-refractivity contribution >= 4 is 23.3 Å². The summed E-state index contributed by atoms with van der Waals surface area (Å²) in [5, 5.41) is 12.1. The molecule has 2 fully saturated rings. The van der Waals surface area contributed by atoms with Gasteiger partial charge in [-0.1, -0.05) is 17.7 Å². The number of hydrogen-bond donors (Lipinski definition) is 1. The number of anilines is 1. The molecule has 2 aromatic heterocycles. The van der Waals surface area contributed by atoms with Crippen molar-refractivity contribution in [2.45, 2.75) is 37.7 Å². The van der Waals surface area contributed by atoms with Crippen molar-refractivity contribution in [2.75, 3.05) is 31.6 Å². The SMILES string of the molecule is N#CN1CCC(c2ccc(CC(=O)Nc3cc(O[C@H]4CCOC4)c(Cl)cn3)cn2)CC1. The smallest absolute Gasteiger partial charge is 0.230 e. The molecule has 2 aromatic rings. The average Bonchev–Trinajstić information content (AvgIpc) is 3.30. The first-order valence-electron chi connectivity index (χ1n) is 10.4. The van der Waals surface area contributed by atoms with Gasteiger partial charge in [-0.15, -0.1) is 0 Å². The van der Waals surface area contributed by atoms with E-state index in [0.717, 1.165) is 43.6 Å². The Morgan fingerprint density at radius 3 is 2.81 bits per heavy atom. The summed E-state index contributed by atoms with van der Waals surface area (Å²) in [6.45, 7) is 2.73. The minimum absolute atomic E-state index is 0.0415. The van der Waals surface area contributed by atoms with Crippen LogP contribution in [-0.4, -0.2) is 53.2 Å². The zero-order valence-electron chi connectivity index (χ0n) is 17.1. The summed E-state index contributed by atoms with van der Waals surface area (Å²) in [7, 11) is 0. The van der Waals surface area contributed by atoms with Gasteiger partial charge in [0.1, 0.15) is 22.7 Å². The molecular weight excluding hydrogens is 418 g/mol. The third-order valence-electron chi connectivity index (χ3n) is 5.54. The van der Waals surface area contributed by atoms with Gasteiger partial charge in [-0.05, 0) is 24.5 Å². The van der Waals surface area contributed by atoms with Crippen LogP contribution in [0.1, 0.15) is 36.4 Å². The lowest BCUT2D eigenvalue weighted by Crippen LogP contribution is -2.29. The number of nitriles is 1. The second kappa shape index (κ2) is 9.94. The molecule has 9 heteroatoms. The highest BCUT2D eigenvalue weighted by Gasteiger charge is 2.21. The molecule has 0 unspecified atom stereocenters. The molecule has 0 spiro atoms. The number of carbonyl (C=O) groups excluding carboxylic acids is 1. The van der Waals surface area contributed by atoms with E-state index in [1.807, 2.05) is 12.1 Å². The van der Waals surface area contributed by atoms with E-state index in [2.05, 4.69) is 21.5 Å². The normalized spacial score (nSPS) is 19.1. The van der Waals surface area contributed by atoms with Crippen LogP contribution in [0.3, 0.4) is 0 Å². The quantitative estimate of drug-likeness (QED) is 0.687. The van der Waals surface area contributed by atoms with Crippen molar-refractivity contribution in [3.05, 3.63) is 46.9 Å². The van der Waals surface area contributed by atoms with Crippen LogP contribution in [0.5, 0.6) is 5.75 Å². The summed E-state index contributed by atoms with van der Waals surface area (Å²) in [6, 6.07) is 5.54. The number of aromatic nitrogens is 2. The van der Waals surface area contributed by atoms with Crippen LogP contribution in [0.15, 0.2) is 30.6 Å². The van der Waals surface area contributed by atoms with E-state index in [-0.39, 0.29) is 18.4 Å². The zero-order chi connectivity index (χ0) is 21.6. The van der Waals surface area contributed by atoms with Crippen molar-refractivity contribution in [1.82, 2.24) is 14.9 Å². The molecule has 2 saturated heterocycles. The van der Waals surface area contributed by atoms with Gasteiger partial charge in [0, 0.05) is 43.4 Å². The number of amides is 1. The minimum atomic E-state index is -0.193. The average molecular weight is 442 g/mol. The first kappa shape index (κ1) is 21.3. The fourth-order valence-electron chi connectivity index (χ4n) is 3.79. The van der Waals surface area contributed by atoms with Crippen molar-refractivity contribution in [1.29, 1.82) is 5.26 Å². The third kappa shape index (κ3) is 5.63. The van der Waals surface area contributed by atoms with Gasteiger partial charge in [0.15, 0.2) is 6.19 Å². The summed E-state index contributed by atoms with van der Waals surface area (Å²) in [5.41, 5.74) is 1.84. The fourth-order valence-corrected chi connectivity index (χ4v) is 3.94. The highest BCUT2D eigenvalue weighted by Crippen LogP contribution is 2.29. The summed E-state index contributed by atoms with van der Waals surface area (Å²) < 4.78 is 11.2. The van der Waals surface area contributed by atoms with Crippen LogP contribution in [0.4, 0.5) is 5.82 Å². The standard InChI is InChI=1S/C22H24ClN5O3/c23-18-12-26-21(10-20(18)31-17-5-8-30-13-17)27-22(29)9-15-1-2-19(25-11-15)16-3-6-28(14-24)7-4-16/h1-2,10-12,16-17H,3-9,13H2,(H,26,27,29)/t17-/m0/s1. The molecule has 1 atom stereocenters. The molecule has 0 radical (unpaired) electrons. The molecule has 8 nitrogen and oxygen atoms in total. The molecule has 0 saturated carbocycles. The maximum absolute atomic E-state index is 12.5. The number of pyridine rings is 2. The molecule has 2 aliphatic heterocycles. The lowest BCUT2D eigenvalue weighted by Gasteiger charge is -2.27. The summed E-state index contributed by atoms with van der Waals surface area (Å²) in [4.78, 5) is 23.0. The summed E-state index contributed by atoms with van der Waals surface area (Å²) >= 11 is 6.17. The molecule has 4 rings (SSSR count). The second-order valence-corrected chi connectivity index (χ2v) is 8.19. The molecule has 1 N–H and O–H groups in total. The molecule has 162 valence electrons. The van der Waals surface area contributed by atoms with Gasteiger partial charge in [0.2, 0.25) is 5.91 Å². The predicted octanol–water partition coefficient (Wildman–Crippen LogP) is 3.14. The van der Waals surface area contributed by atoms with E-state index < -0.39 is 0 Å². The fraction of sp³-hybridized carbons (Fsp3) is 0.455. The number of halogens is 1. The summed E-state index contributed by atoms with van der Waals surface area (Å²) in [6.07, 6.45) is 8.20. The molecule has 0 aromatic carbocycles. The Morgan fingerprint density at radius 1 is 1.29 bits per heavy atom. The first-order valence-corrected chi connectivity index (χ1v) is 10.8. The van der Waals surface area contributed by atoms with E-state index in [1.54, 1.807) is 17.2 Å². The number of ether oxygens (including phenoxy) is 2. The molecule has 0 aliphatic carbocycles. The monoisotopic (exact) mass is 441 g/mol. The van der Waals surface area contributed by atoms with Gasteiger partial charge in [0.25, 0.3) is 0 Å². The van der Waals surface area contributed by atoms with Gasteiger partial charge >= 0.3 is 0 Å². The largest absolute Gasteiger partial charge is 0.486 e. The maximum atomic E-state index is 12.5. The van der Waals surface area contributed by atoms with Crippen LogP contribution in [-0.2, 0) is 16.0 Å². The van der Waals surface area contributed by atoms with Crippen molar-refractivity contribution in [3.63, 3.8) is 0 Å². The Hall–Kier alpha value is -2.89. The molecular formula is C22H24ClN5O3. The lowest BCUT2D eigenvalue weighted by atomic mass is 9.93. The topological polar surface area (TPSA) is 100 Å².